The number of ether oxygens (including phenoxy) is 2. The van der Waals surface area contributed by atoms with E-state index in [0.717, 1.165) is 24.2 Å². The minimum atomic E-state index is -0.321. The molecule has 2 heterocycles. The first-order chi connectivity index (χ1) is 14.0. The fourth-order valence-corrected chi connectivity index (χ4v) is 3.61. The summed E-state index contributed by atoms with van der Waals surface area (Å²) in [7, 11) is 0. The average molecular weight is 400 g/mol. The minimum Gasteiger partial charge on any atom is -0.494 e. The highest BCUT2D eigenvalue weighted by Gasteiger charge is 2.35. The molecule has 2 amide bonds. The fraction of sp³-hybridized carbons (Fsp3) is 0.455. The molecule has 1 aliphatic heterocycles. The molecule has 0 radical (unpaired) electrons. The van der Waals surface area contributed by atoms with E-state index in [9.17, 15) is 9.59 Å². The number of amides is 2. The van der Waals surface area contributed by atoms with Crippen molar-refractivity contribution in [3.05, 3.63) is 53.5 Å². The van der Waals surface area contributed by atoms with E-state index in [1.165, 1.54) is 6.26 Å². The summed E-state index contributed by atoms with van der Waals surface area (Å²) in [5.74, 6) is 0.814. The number of aryl methyl sites for hydroxylation is 1. The van der Waals surface area contributed by atoms with Gasteiger partial charge in [0, 0.05) is 25.2 Å². The molecule has 0 unspecified atom stereocenters. The van der Waals surface area contributed by atoms with Crippen molar-refractivity contribution in [1.82, 2.24) is 10.6 Å². The van der Waals surface area contributed by atoms with E-state index in [1.807, 2.05) is 19.1 Å². The van der Waals surface area contributed by atoms with Gasteiger partial charge in [0.2, 0.25) is 5.91 Å². The van der Waals surface area contributed by atoms with Crippen LogP contribution in [0.2, 0.25) is 0 Å². The molecule has 156 valence electrons. The van der Waals surface area contributed by atoms with Crippen LogP contribution in [0, 0.1) is 6.92 Å². The van der Waals surface area contributed by atoms with Crippen LogP contribution in [0.1, 0.15) is 41.4 Å². The van der Waals surface area contributed by atoms with E-state index in [1.54, 1.807) is 13.0 Å². The predicted octanol–water partition coefficient (Wildman–Crippen LogP) is 2.58. The van der Waals surface area contributed by atoms with Gasteiger partial charge in [-0.2, -0.15) is 0 Å². The molecule has 0 saturated carbocycles. The number of hydrogen-bond donors (Lipinski definition) is 2. The molecule has 29 heavy (non-hydrogen) atoms. The SMILES string of the molecule is CCOc1ccc(C2(CNC(=O)CNC(=O)c3ccoc3C)CCOCC2)cc1. The van der Waals surface area contributed by atoms with Gasteiger partial charge in [0.15, 0.2) is 0 Å². The van der Waals surface area contributed by atoms with E-state index >= 15 is 0 Å². The number of hydrogen-bond acceptors (Lipinski definition) is 5. The van der Waals surface area contributed by atoms with E-state index in [-0.39, 0.29) is 23.8 Å². The number of nitrogens with one attached hydrogen (secondary N) is 2. The number of carbonyl (C=O) groups is 2. The van der Waals surface area contributed by atoms with Crippen LogP contribution >= 0.6 is 0 Å². The predicted molar refractivity (Wildman–Crippen MR) is 108 cm³/mol. The molecule has 7 nitrogen and oxygen atoms in total. The zero-order valence-corrected chi connectivity index (χ0v) is 17.0. The summed E-state index contributed by atoms with van der Waals surface area (Å²) < 4.78 is 16.2. The summed E-state index contributed by atoms with van der Waals surface area (Å²) >= 11 is 0. The highest BCUT2D eigenvalue weighted by Crippen LogP contribution is 2.35. The molecule has 1 aromatic carbocycles. The van der Waals surface area contributed by atoms with Gasteiger partial charge in [0.1, 0.15) is 11.5 Å². The van der Waals surface area contributed by atoms with Crippen LogP contribution in [0.5, 0.6) is 5.75 Å². The van der Waals surface area contributed by atoms with Crippen LogP contribution in [0.3, 0.4) is 0 Å². The van der Waals surface area contributed by atoms with Gasteiger partial charge in [-0.15, -0.1) is 0 Å². The highest BCUT2D eigenvalue weighted by molar-refractivity contribution is 5.97. The molecular formula is C22H28N2O5. The molecular weight excluding hydrogens is 372 g/mol. The van der Waals surface area contributed by atoms with Gasteiger partial charge in [-0.3, -0.25) is 9.59 Å². The maximum absolute atomic E-state index is 12.4. The molecule has 1 aliphatic rings. The van der Waals surface area contributed by atoms with E-state index in [0.29, 0.717) is 37.7 Å². The molecule has 0 spiro atoms. The van der Waals surface area contributed by atoms with Crippen molar-refractivity contribution in [1.29, 1.82) is 0 Å². The molecule has 0 atom stereocenters. The maximum atomic E-state index is 12.4. The van der Waals surface area contributed by atoms with Crippen molar-refractivity contribution in [3.8, 4) is 5.75 Å². The Morgan fingerprint density at radius 1 is 1.10 bits per heavy atom. The third kappa shape index (κ3) is 5.17. The number of carbonyl (C=O) groups excluding carboxylic acids is 2. The Labute approximate surface area is 170 Å². The summed E-state index contributed by atoms with van der Waals surface area (Å²) in [4.78, 5) is 24.5. The van der Waals surface area contributed by atoms with Crippen molar-refractivity contribution in [2.75, 3.05) is 32.9 Å². The third-order valence-electron chi connectivity index (χ3n) is 5.36. The number of benzene rings is 1. The smallest absolute Gasteiger partial charge is 0.255 e. The highest BCUT2D eigenvalue weighted by atomic mass is 16.5. The van der Waals surface area contributed by atoms with Crippen LogP contribution in [0.15, 0.2) is 41.0 Å². The zero-order valence-electron chi connectivity index (χ0n) is 17.0. The molecule has 1 aromatic heterocycles. The lowest BCUT2D eigenvalue weighted by molar-refractivity contribution is -0.120. The van der Waals surface area contributed by atoms with Gasteiger partial charge in [0.05, 0.1) is 25.0 Å². The summed E-state index contributed by atoms with van der Waals surface area (Å²) in [5, 5.41) is 5.62. The first-order valence-electron chi connectivity index (χ1n) is 9.94. The minimum absolute atomic E-state index is 0.0840. The molecule has 2 aromatic rings. The zero-order chi connectivity index (χ0) is 20.7. The van der Waals surface area contributed by atoms with Crippen LogP contribution < -0.4 is 15.4 Å². The Bertz CT molecular complexity index is 822. The first-order valence-corrected chi connectivity index (χ1v) is 9.94. The van der Waals surface area contributed by atoms with Gasteiger partial charge in [0.25, 0.3) is 5.91 Å². The normalized spacial score (nSPS) is 15.5. The van der Waals surface area contributed by atoms with Crippen molar-refractivity contribution in [2.45, 2.75) is 32.1 Å². The molecule has 1 saturated heterocycles. The standard InChI is InChI=1S/C22H28N2O5/c1-3-28-18-6-4-17(5-7-18)22(9-12-27-13-10-22)15-24-20(25)14-23-21(26)19-8-11-29-16(19)2/h4-8,11H,3,9-10,12-15H2,1-2H3,(H,23,26)(H,24,25). The lowest BCUT2D eigenvalue weighted by atomic mass is 9.74. The Hall–Kier alpha value is -2.80. The first kappa shape index (κ1) is 20.9. The quantitative estimate of drug-likeness (QED) is 0.711. The fourth-order valence-electron chi connectivity index (χ4n) is 3.61. The van der Waals surface area contributed by atoms with Crippen LogP contribution in [0.25, 0.3) is 0 Å². The molecule has 3 rings (SSSR count). The number of furan rings is 1. The molecule has 0 bridgehead atoms. The summed E-state index contributed by atoms with van der Waals surface area (Å²) in [6, 6.07) is 9.64. The second-order valence-electron chi connectivity index (χ2n) is 7.20. The summed E-state index contributed by atoms with van der Waals surface area (Å²) in [6.45, 7) is 6.00. The lowest BCUT2D eigenvalue weighted by Crippen LogP contribution is -2.47. The second kappa shape index (κ2) is 9.60. The Morgan fingerprint density at radius 2 is 1.83 bits per heavy atom. The maximum Gasteiger partial charge on any atom is 0.255 e. The van der Waals surface area contributed by atoms with Crippen LogP contribution in [-0.4, -0.2) is 44.7 Å². The second-order valence-corrected chi connectivity index (χ2v) is 7.20. The summed E-state index contributed by atoms with van der Waals surface area (Å²) in [6.07, 6.45) is 3.10. The monoisotopic (exact) mass is 400 g/mol. The topological polar surface area (TPSA) is 89.8 Å². The lowest BCUT2D eigenvalue weighted by Gasteiger charge is -2.38. The van der Waals surface area contributed by atoms with Crippen molar-refractivity contribution < 1.29 is 23.5 Å². The van der Waals surface area contributed by atoms with Gasteiger partial charge < -0.3 is 24.5 Å². The van der Waals surface area contributed by atoms with Crippen LogP contribution in [-0.2, 0) is 14.9 Å². The molecule has 2 N–H and O–H groups in total. The van der Waals surface area contributed by atoms with E-state index in [2.05, 4.69) is 22.8 Å². The molecule has 0 aliphatic carbocycles. The van der Waals surface area contributed by atoms with E-state index in [4.69, 9.17) is 13.9 Å². The number of rotatable bonds is 8. The third-order valence-corrected chi connectivity index (χ3v) is 5.36. The van der Waals surface area contributed by atoms with Gasteiger partial charge in [-0.25, -0.2) is 0 Å². The average Bonchev–Trinajstić information content (AvgIpc) is 3.18. The van der Waals surface area contributed by atoms with Crippen molar-refractivity contribution >= 4 is 11.8 Å². The van der Waals surface area contributed by atoms with Crippen LogP contribution in [0.4, 0.5) is 0 Å². The molecule has 7 heteroatoms. The van der Waals surface area contributed by atoms with Gasteiger partial charge in [-0.05, 0) is 50.5 Å². The van der Waals surface area contributed by atoms with E-state index < -0.39 is 0 Å². The van der Waals surface area contributed by atoms with Crippen molar-refractivity contribution in [3.63, 3.8) is 0 Å². The Morgan fingerprint density at radius 3 is 2.45 bits per heavy atom. The summed E-state index contributed by atoms with van der Waals surface area (Å²) in [5.41, 5.74) is 1.40. The molecule has 1 fully saturated rings. The van der Waals surface area contributed by atoms with Gasteiger partial charge >= 0.3 is 0 Å². The Balaban J connectivity index is 1.59. The van der Waals surface area contributed by atoms with Crippen molar-refractivity contribution in [2.24, 2.45) is 0 Å². The van der Waals surface area contributed by atoms with Gasteiger partial charge in [-0.1, -0.05) is 12.1 Å². The largest absolute Gasteiger partial charge is 0.494 e. The Kier molecular flexibility index (Phi) is 6.93.